The summed E-state index contributed by atoms with van der Waals surface area (Å²) in [6.45, 7) is 2.81. The van der Waals surface area contributed by atoms with Gasteiger partial charge in [0, 0.05) is 11.4 Å². The van der Waals surface area contributed by atoms with Crippen LogP contribution in [0.1, 0.15) is 26.2 Å². The third kappa shape index (κ3) is 5.17. The number of anilines is 2. The second-order valence-corrected chi connectivity index (χ2v) is 6.94. The Labute approximate surface area is 137 Å². The first-order chi connectivity index (χ1) is 11.0. The zero-order valence-corrected chi connectivity index (χ0v) is 14.0. The summed E-state index contributed by atoms with van der Waals surface area (Å²) in [6, 6.07) is 12.9. The van der Waals surface area contributed by atoms with Gasteiger partial charge in [0.05, 0.1) is 11.5 Å². The first-order valence-corrected chi connectivity index (χ1v) is 9.11. The van der Waals surface area contributed by atoms with Crippen molar-refractivity contribution in [3.8, 4) is 5.75 Å². The summed E-state index contributed by atoms with van der Waals surface area (Å²) in [6.07, 6.45) is 3.30. The first kappa shape index (κ1) is 17.1. The molecule has 0 aliphatic heterocycles. The summed E-state index contributed by atoms with van der Waals surface area (Å²) < 4.78 is 32.7. The lowest BCUT2D eigenvalue weighted by Gasteiger charge is -2.10. The number of rotatable bonds is 8. The molecule has 0 heterocycles. The standard InChI is InChI=1S/C17H22N2O3S/c1-2-3-4-13-22-16-9-7-15(8-10-16)19-23(20,21)17-11-5-14(18)6-12-17/h5-12,19H,2-4,13,18H2,1H3. The highest BCUT2D eigenvalue weighted by molar-refractivity contribution is 7.92. The van der Waals surface area contributed by atoms with E-state index in [9.17, 15) is 8.42 Å². The van der Waals surface area contributed by atoms with Gasteiger partial charge in [-0.25, -0.2) is 8.42 Å². The maximum atomic E-state index is 12.3. The van der Waals surface area contributed by atoms with Gasteiger partial charge in [0.2, 0.25) is 0 Å². The molecule has 2 rings (SSSR count). The topological polar surface area (TPSA) is 81.4 Å². The summed E-state index contributed by atoms with van der Waals surface area (Å²) in [4.78, 5) is 0.173. The summed E-state index contributed by atoms with van der Waals surface area (Å²) >= 11 is 0. The predicted molar refractivity (Wildman–Crippen MR) is 93.1 cm³/mol. The third-order valence-electron chi connectivity index (χ3n) is 3.31. The molecule has 5 nitrogen and oxygen atoms in total. The SMILES string of the molecule is CCCCCOc1ccc(NS(=O)(=O)c2ccc(N)cc2)cc1. The van der Waals surface area contributed by atoms with Crippen molar-refractivity contribution in [1.29, 1.82) is 0 Å². The van der Waals surface area contributed by atoms with E-state index in [1.807, 2.05) is 0 Å². The zero-order chi connectivity index (χ0) is 16.7. The third-order valence-corrected chi connectivity index (χ3v) is 4.71. The Morgan fingerprint density at radius 3 is 2.26 bits per heavy atom. The lowest BCUT2D eigenvalue weighted by atomic mass is 10.2. The molecule has 23 heavy (non-hydrogen) atoms. The molecule has 0 aliphatic carbocycles. The maximum Gasteiger partial charge on any atom is 0.261 e. The Kier molecular flexibility index (Phi) is 5.87. The Morgan fingerprint density at radius 2 is 1.65 bits per heavy atom. The van der Waals surface area contributed by atoms with E-state index in [4.69, 9.17) is 10.5 Å². The number of ether oxygens (including phenoxy) is 1. The molecular formula is C17H22N2O3S. The van der Waals surface area contributed by atoms with Crippen molar-refractivity contribution in [1.82, 2.24) is 0 Å². The second kappa shape index (κ2) is 7.87. The minimum atomic E-state index is -3.61. The number of nitrogens with one attached hydrogen (secondary N) is 1. The fourth-order valence-corrected chi connectivity index (χ4v) is 3.08. The number of hydrogen-bond donors (Lipinski definition) is 2. The quantitative estimate of drug-likeness (QED) is 0.570. The van der Waals surface area contributed by atoms with Crippen molar-refractivity contribution in [2.45, 2.75) is 31.1 Å². The zero-order valence-electron chi connectivity index (χ0n) is 13.2. The van der Waals surface area contributed by atoms with Gasteiger partial charge in [-0.1, -0.05) is 19.8 Å². The lowest BCUT2D eigenvalue weighted by molar-refractivity contribution is 0.306. The van der Waals surface area contributed by atoms with Crippen LogP contribution in [0, 0.1) is 0 Å². The van der Waals surface area contributed by atoms with Crippen LogP contribution in [0.5, 0.6) is 5.75 Å². The highest BCUT2D eigenvalue weighted by Gasteiger charge is 2.13. The van der Waals surface area contributed by atoms with Crippen LogP contribution >= 0.6 is 0 Å². The van der Waals surface area contributed by atoms with Crippen LogP contribution in [0.4, 0.5) is 11.4 Å². The fourth-order valence-electron chi connectivity index (χ4n) is 2.02. The average molecular weight is 334 g/mol. The highest BCUT2D eigenvalue weighted by Crippen LogP contribution is 2.20. The van der Waals surface area contributed by atoms with E-state index in [2.05, 4.69) is 11.6 Å². The number of unbranched alkanes of at least 4 members (excludes halogenated alkanes) is 2. The van der Waals surface area contributed by atoms with Gasteiger partial charge in [0.15, 0.2) is 0 Å². The number of hydrogen-bond acceptors (Lipinski definition) is 4. The number of nitrogens with two attached hydrogens (primary N) is 1. The van der Waals surface area contributed by atoms with Crippen LogP contribution in [0.2, 0.25) is 0 Å². The van der Waals surface area contributed by atoms with Gasteiger partial charge in [-0.05, 0) is 55.0 Å². The van der Waals surface area contributed by atoms with Crippen molar-refractivity contribution in [3.63, 3.8) is 0 Å². The van der Waals surface area contributed by atoms with E-state index in [0.29, 0.717) is 18.0 Å². The molecule has 0 aromatic heterocycles. The molecule has 0 bridgehead atoms. The van der Waals surface area contributed by atoms with Crippen molar-refractivity contribution in [3.05, 3.63) is 48.5 Å². The Balaban J connectivity index is 1.98. The van der Waals surface area contributed by atoms with Crippen molar-refractivity contribution < 1.29 is 13.2 Å². The predicted octanol–water partition coefficient (Wildman–Crippen LogP) is 3.64. The van der Waals surface area contributed by atoms with Gasteiger partial charge in [0.1, 0.15) is 5.75 Å². The van der Waals surface area contributed by atoms with Gasteiger partial charge in [-0.3, -0.25) is 4.72 Å². The number of nitrogen functional groups attached to an aromatic ring is 1. The van der Waals surface area contributed by atoms with Crippen molar-refractivity contribution in [2.24, 2.45) is 0 Å². The molecule has 0 amide bonds. The summed E-state index contributed by atoms with van der Waals surface area (Å²) in [5.74, 6) is 0.733. The Bertz CT molecular complexity index is 711. The average Bonchev–Trinajstić information content (AvgIpc) is 2.53. The van der Waals surface area contributed by atoms with Gasteiger partial charge >= 0.3 is 0 Å². The Hall–Kier alpha value is -2.21. The van der Waals surface area contributed by atoms with E-state index >= 15 is 0 Å². The molecule has 0 saturated carbocycles. The molecule has 0 spiro atoms. The van der Waals surface area contributed by atoms with Crippen LogP contribution in [-0.2, 0) is 10.0 Å². The van der Waals surface area contributed by atoms with E-state index in [-0.39, 0.29) is 4.90 Å². The molecule has 0 radical (unpaired) electrons. The molecular weight excluding hydrogens is 312 g/mol. The molecule has 0 aliphatic rings. The van der Waals surface area contributed by atoms with Gasteiger partial charge in [-0.15, -0.1) is 0 Å². The molecule has 124 valence electrons. The first-order valence-electron chi connectivity index (χ1n) is 7.62. The molecule has 0 unspecified atom stereocenters. The maximum absolute atomic E-state index is 12.3. The van der Waals surface area contributed by atoms with Crippen LogP contribution in [0.15, 0.2) is 53.4 Å². The molecule has 2 aromatic carbocycles. The van der Waals surface area contributed by atoms with E-state index in [1.165, 1.54) is 12.1 Å². The van der Waals surface area contributed by atoms with Crippen LogP contribution in [0.25, 0.3) is 0 Å². The number of sulfonamides is 1. The minimum Gasteiger partial charge on any atom is -0.494 e. The normalized spacial score (nSPS) is 11.2. The molecule has 3 N–H and O–H groups in total. The summed E-state index contributed by atoms with van der Waals surface area (Å²) in [7, 11) is -3.61. The Morgan fingerprint density at radius 1 is 1.00 bits per heavy atom. The molecule has 6 heteroatoms. The van der Waals surface area contributed by atoms with E-state index in [1.54, 1.807) is 36.4 Å². The van der Waals surface area contributed by atoms with Gasteiger partial charge in [-0.2, -0.15) is 0 Å². The van der Waals surface area contributed by atoms with Crippen LogP contribution < -0.4 is 15.2 Å². The molecule has 2 aromatic rings. The van der Waals surface area contributed by atoms with Gasteiger partial charge in [0.25, 0.3) is 10.0 Å². The van der Waals surface area contributed by atoms with Gasteiger partial charge < -0.3 is 10.5 Å². The number of benzene rings is 2. The monoisotopic (exact) mass is 334 g/mol. The van der Waals surface area contributed by atoms with Crippen molar-refractivity contribution in [2.75, 3.05) is 17.1 Å². The largest absolute Gasteiger partial charge is 0.494 e. The molecule has 0 atom stereocenters. The highest BCUT2D eigenvalue weighted by atomic mass is 32.2. The summed E-state index contributed by atoms with van der Waals surface area (Å²) in [5.41, 5.74) is 6.58. The summed E-state index contributed by atoms with van der Waals surface area (Å²) in [5, 5.41) is 0. The van der Waals surface area contributed by atoms with Crippen molar-refractivity contribution >= 4 is 21.4 Å². The molecule has 0 fully saturated rings. The second-order valence-electron chi connectivity index (χ2n) is 5.25. The van der Waals surface area contributed by atoms with Crippen LogP contribution in [0.3, 0.4) is 0 Å². The molecule has 0 saturated heterocycles. The van der Waals surface area contributed by atoms with E-state index < -0.39 is 10.0 Å². The fraction of sp³-hybridized carbons (Fsp3) is 0.294. The smallest absolute Gasteiger partial charge is 0.261 e. The lowest BCUT2D eigenvalue weighted by Crippen LogP contribution is -2.12. The van der Waals surface area contributed by atoms with E-state index in [0.717, 1.165) is 25.0 Å². The van der Waals surface area contributed by atoms with Crippen LogP contribution in [-0.4, -0.2) is 15.0 Å². The minimum absolute atomic E-state index is 0.173.